The van der Waals surface area contributed by atoms with Crippen molar-refractivity contribution in [2.24, 2.45) is 0 Å². The summed E-state index contributed by atoms with van der Waals surface area (Å²) in [4.78, 5) is 9.11. The smallest absolute Gasteiger partial charge is 0.146 e. The van der Waals surface area contributed by atoms with Crippen LogP contribution in [0, 0.1) is 9.39 Å². The summed E-state index contributed by atoms with van der Waals surface area (Å²) in [5, 5.41) is 0.532. The minimum atomic E-state index is -0.230. The average molecular weight is 417 g/mol. The van der Waals surface area contributed by atoms with Crippen molar-refractivity contribution in [1.82, 2.24) is 9.97 Å². The minimum Gasteiger partial charge on any atom is -0.236 e. The molecule has 0 atom stereocenters. The van der Waals surface area contributed by atoms with Crippen molar-refractivity contribution in [3.63, 3.8) is 0 Å². The summed E-state index contributed by atoms with van der Waals surface area (Å²) in [6, 6.07) is 6.45. The number of hydrogen-bond acceptors (Lipinski definition) is 2. The third-order valence-corrected chi connectivity index (χ3v) is 5.56. The Morgan fingerprint density at radius 3 is 2.48 bits per heavy atom. The number of rotatable bonds is 3. The maximum Gasteiger partial charge on any atom is 0.146 e. The number of benzene rings is 1. The van der Waals surface area contributed by atoms with Gasteiger partial charge in [0.1, 0.15) is 16.8 Å². The molecule has 5 heteroatoms. The fraction of sp³-hybridized carbons (Fsp3) is 0.375. The van der Waals surface area contributed by atoms with E-state index in [1.54, 1.807) is 12.1 Å². The van der Waals surface area contributed by atoms with Gasteiger partial charge in [0.25, 0.3) is 0 Å². The first-order valence-electron chi connectivity index (χ1n) is 7.10. The lowest BCUT2D eigenvalue weighted by atomic mass is 10.0. The molecule has 1 fully saturated rings. The molecule has 1 saturated carbocycles. The van der Waals surface area contributed by atoms with Crippen molar-refractivity contribution in [3.8, 4) is 0 Å². The summed E-state index contributed by atoms with van der Waals surface area (Å²) in [6.07, 6.45) is 5.46. The first-order chi connectivity index (χ1) is 10.1. The highest BCUT2D eigenvalue weighted by Crippen LogP contribution is 2.36. The summed E-state index contributed by atoms with van der Waals surface area (Å²) < 4.78 is 13.9. The number of halogens is 3. The van der Waals surface area contributed by atoms with Crippen molar-refractivity contribution in [2.45, 2.75) is 38.0 Å². The summed E-state index contributed by atoms with van der Waals surface area (Å²) in [7, 11) is 0. The fourth-order valence-electron chi connectivity index (χ4n) is 2.81. The molecule has 1 aromatic carbocycles. The van der Waals surface area contributed by atoms with Gasteiger partial charge in [-0.05, 0) is 53.1 Å². The van der Waals surface area contributed by atoms with Crippen LogP contribution < -0.4 is 0 Å². The summed E-state index contributed by atoms with van der Waals surface area (Å²) >= 11 is 8.51. The normalized spacial score (nSPS) is 15.6. The SMILES string of the molecule is Fc1ccc(Cc2nc(Cl)c(I)c(C3CCCC3)n2)cc1. The lowest BCUT2D eigenvalue weighted by molar-refractivity contribution is 0.627. The third-order valence-electron chi connectivity index (χ3n) is 3.90. The summed E-state index contributed by atoms with van der Waals surface area (Å²) in [5.41, 5.74) is 2.08. The molecule has 0 saturated heterocycles. The van der Waals surface area contributed by atoms with Crippen molar-refractivity contribution in [2.75, 3.05) is 0 Å². The molecule has 1 aromatic heterocycles. The lowest BCUT2D eigenvalue weighted by Crippen LogP contribution is -2.07. The van der Waals surface area contributed by atoms with Gasteiger partial charge in [0, 0.05) is 12.3 Å². The van der Waals surface area contributed by atoms with E-state index < -0.39 is 0 Å². The van der Waals surface area contributed by atoms with Crippen LogP contribution >= 0.6 is 34.2 Å². The van der Waals surface area contributed by atoms with Crippen LogP contribution in [0.1, 0.15) is 48.7 Å². The van der Waals surface area contributed by atoms with Gasteiger partial charge < -0.3 is 0 Å². The van der Waals surface area contributed by atoms with Crippen LogP contribution in [-0.2, 0) is 6.42 Å². The highest BCUT2D eigenvalue weighted by Gasteiger charge is 2.23. The molecule has 2 aromatic rings. The van der Waals surface area contributed by atoms with Crippen LogP contribution in [0.15, 0.2) is 24.3 Å². The zero-order valence-electron chi connectivity index (χ0n) is 11.5. The number of aromatic nitrogens is 2. The quantitative estimate of drug-likeness (QED) is 0.512. The second-order valence-electron chi connectivity index (χ2n) is 5.41. The Morgan fingerprint density at radius 2 is 1.81 bits per heavy atom. The largest absolute Gasteiger partial charge is 0.236 e. The van der Waals surface area contributed by atoms with Gasteiger partial charge in [-0.1, -0.05) is 36.6 Å². The Bertz CT molecular complexity index is 639. The molecule has 0 radical (unpaired) electrons. The fourth-order valence-corrected chi connectivity index (χ4v) is 3.69. The van der Waals surface area contributed by atoms with E-state index in [2.05, 4.69) is 27.6 Å². The zero-order valence-corrected chi connectivity index (χ0v) is 14.4. The van der Waals surface area contributed by atoms with Crippen LogP contribution in [0.5, 0.6) is 0 Å². The number of hydrogen-bond donors (Lipinski definition) is 0. The molecular weight excluding hydrogens is 402 g/mol. The van der Waals surface area contributed by atoms with E-state index in [0.717, 1.165) is 14.8 Å². The number of nitrogens with zero attached hydrogens (tertiary/aromatic N) is 2. The Hall–Kier alpha value is -0.750. The molecule has 0 unspecified atom stereocenters. The molecule has 0 amide bonds. The maximum absolute atomic E-state index is 13.0. The lowest BCUT2D eigenvalue weighted by Gasteiger charge is -2.13. The molecule has 110 valence electrons. The van der Waals surface area contributed by atoms with Gasteiger partial charge in [-0.3, -0.25) is 0 Å². The highest BCUT2D eigenvalue weighted by atomic mass is 127. The monoisotopic (exact) mass is 416 g/mol. The molecule has 21 heavy (non-hydrogen) atoms. The molecule has 0 aliphatic heterocycles. The first kappa shape index (κ1) is 15.2. The Labute approximate surface area is 142 Å². The van der Waals surface area contributed by atoms with Crippen LogP contribution in [0.2, 0.25) is 5.15 Å². The Morgan fingerprint density at radius 1 is 1.14 bits per heavy atom. The second kappa shape index (κ2) is 6.57. The second-order valence-corrected chi connectivity index (χ2v) is 6.85. The van der Waals surface area contributed by atoms with Crippen molar-refractivity contribution >= 4 is 34.2 Å². The summed E-state index contributed by atoms with van der Waals surface area (Å²) in [5.74, 6) is 0.991. The van der Waals surface area contributed by atoms with E-state index in [9.17, 15) is 4.39 Å². The summed E-state index contributed by atoms with van der Waals surface area (Å²) in [6.45, 7) is 0. The zero-order chi connectivity index (χ0) is 14.8. The Kier molecular flexibility index (Phi) is 4.74. The van der Waals surface area contributed by atoms with Gasteiger partial charge in [-0.25, -0.2) is 14.4 Å². The third kappa shape index (κ3) is 3.54. The molecule has 0 bridgehead atoms. The molecule has 1 aliphatic rings. The van der Waals surface area contributed by atoms with Crippen molar-refractivity contribution in [1.29, 1.82) is 0 Å². The molecule has 0 N–H and O–H groups in total. The van der Waals surface area contributed by atoms with E-state index in [-0.39, 0.29) is 5.82 Å². The molecule has 1 heterocycles. The van der Waals surface area contributed by atoms with Gasteiger partial charge in [0.05, 0.1) is 9.26 Å². The molecule has 3 rings (SSSR count). The molecular formula is C16H15ClFIN2. The first-order valence-corrected chi connectivity index (χ1v) is 8.55. The van der Waals surface area contributed by atoms with Gasteiger partial charge >= 0.3 is 0 Å². The maximum atomic E-state index is 13.0. The molecule has 2 nitrogen and oxygen atoms in total. The van der Waals surface area contributed by atoms with Crippen LogP contribution in [0.3, 0.4) is 0 Å². The van der Waals surface area contributed by atoms with E-state index in [1.165, 1.54) is 37.8 Å². The minimum absolute atomic E-state index is 0.230. The topological polar surface area (TPSA) is 25.8 Å². The van der Waals surface area contributed by atoms with E-state index >= 15 is 0 Å². The Balaban J connectivity index is 1.90. The van der Waals surface area contributed by atoms with Crippen molar-refractivity contribution in [3.05, 3.63) is 55.9 Å². The average Bonchev–Trinajstić information content (AvgIpc) is 2.99. The van der Waals surface area contributed by atoms with Crippen LogP contribution in [0.4, 0.5) is 4.39 Å². The van der Waals surface area contributed by atoms with E-state index in [0.29, 0.717) is 23.3 Å². The highest BCUT2D eigenvalue weighted by molar-refractivity contribution is 14.1. The van der Waals surface area contributed by atoms with E-state index in [1.807, 2.05) is 0 Å². The van der Waals surface area contributed by atoms with Crippen LogP contribution in [-0.4, -0.2) is 9.97 Å². The van der Waals surface area contributed by atoms with Gasteiger partial charge in [0.2, 0.25) is 0 Å². The van der Waals surface area contributed by atoms with Crippen LogP contribution in [0.25, 0.3) is 0 Å². The van der Waals surface area contributed by atoms with Crippen molar-refractivity contribution < 1.29 is 4.39 Å². The van der Waals surface area contributed by atoms with Gasteiger partial charge in [-0.2, -0.15) is 0 Å². The standard InChI is InChI=1S/C16H15ClFIN2/c17-16-14(19)15(11-3-1-2-4-11)20-13(21-16)9-10-5-7-12(18)8-6-10/h5-8,11H,1-4,9H2. The van der Waals surface area contributed by atoms with E-state index in [4.69, 9.17) is 16.6 Å². The predicted octanol–water partition coefficient (Wildman–Crippen LogP) is 5.12. The predicted molar refractivity (Wildman–Crippen MR) is 90.2 cm³/mol. The van der Waals surface area contributed by atoms with Gasteiger partial charge in [-0.15, -0.1) is 0 Å². The van der Waals surface area contributed by atoms with Gasteiger partial charge in [0.15, 0.2) is 0 Å². The molecule has 1 aliphatic carbocycles. The molecule has 0 spiro atoms.